The highest BCUT2D eigenvalue weighted by Gasteiger charge is 2.16. The molecule has 0 fully saturated rings. The minimum absolute atomic E-state index is 0.0279. The molecule has 4 heteroatoms. The van der Waals surface area contributed by atoms with E-state index in [9.17, 15) is 4.79 Å². The van der Waals surface area contributed by atoms with Crippen LogP contribution in [0.4, 0.5) is 0 Å². The van der Waals surface area contributed by atoms with E-state index < -0.39 is 0 Å². The van der Waals surface area contributed by atoms with E-state index in [4.69, 9.17) is 10.8 Å². The molecule has 0 radical (unpaired) electrons. The summed E-state index contributed by atoms with van der Waals surface area (Å²) in [5.41, 5.74) is 5.45. The van der Waals surface area contributed by atoms with E-state index in [1.54, 1.807) is 0 Å². The second-order valence-corrected chi connectivity index (χ2v) is 4.48. The number of carbonyl (C=O) groups is 1. The Morgan fingerprint density at radius 2 is 2.00 bits per heavy atom. The van der Waals surface area contributed by atoms with Gasteiger partial charge in [0.25, 0.3) is 0 Å². The molecule has 2 unspecified atom stereocenters. The Kier molecular flexibility index (Phi) is 7.34. The van der Waals surface area contributed by atoms with E-state index in [1.807, 2.05) is 20.8 Å². The lowest BCUT2D eigenvalue weighted by molar-refractivity contribution is -0.123. The van der Waals surface area contributed by atoms with Crippen LogP contribution < -0.4 is 11.1 Å². The molecular weight excluding hydrogens is 192 g/mol. The van der Waals surface area contributed by atoms with Crippen molar-refractivity contribution in [2.75, 3.05) is 13.2 Å². The third-order valence-electron chi connectivity index (χ3n) is 2.53. The molecule has 0 spiro atoms. The maximum atomic E-state index is 11.6. The lowest BCUT2D eigenvalue weighted by Gasteiger charge is -2.22. The van der Waals surface area contributed by atoms with Crippen LogP contribution in [0.5, 0.6) is 0 Å². The van der Waals surface area contributed by atoms with E-state index in [2.05, 4.69) is 5.32 Å². The number of aliphatic hydroxyl groups excluding tert-OH is 1. The number of carbonyl (C=O) groups excluding carboxylic acids is 1. The van der Waals surface area contributed by atoms with Crippen LogP contribution in [0, 0.1) is 11.8 Å². The van der Waals surface area contributed by atoms with Crippen LogP contribution in [0.3, 0.4) is 0 Å². The van der Waals surface area contributed by atoms with Crippen LogP contribution in [0.15, 0.2) is 0 Å². The Morgan fingerprint density at radius 1 is 1.40 bits per heavy atom. The normalized spacial score (nSPS) is 15.1. The molecule has 0 bridgehead atoms. The Labute approximate surface area is 92.2 Å². The molecule has 0 heterocycles. The molecule has 0 aromatic rings. The molecule has 0 aliphatic carbocycles. The van der Waals surface area contributed by atoms with Gasteiger partial charge in [-0.15, -0.1) is 0 Å². The summed E-state index contributed by atoms with van der Waals surface area (Å²) in [5, 5.41) is 11.8. The summed E-state index contributed by atoms with van der Waals surface area (Å²) in [6.07, 6.45) is 1.07. The smallest absolute Gasteiger partial charge is 0.220 e. The van der Waals surface area contributed by atoms with Crippen LogP contribution in [-0.2, 0) is 4.79 Å². The van der Waals surface area contributed by atoms with Gasteiger partial charge in [-0.05, 0) is 24.8 Å². The average Bonchev–Trinajstić information content (AvgIpc) is 2.16. The van der Waals surface area contributed by atoms with Gasteiger partial charge in [0.15, 0.2) is 0 Å². The first-order chi connectivity index (χ1) is 7.01. The standard InChI is InChI=1S/C11H24N2O2/c1-8(2)10(4-5-14)13-11(15)6-9(3)7-12/h8-10,14H,4-7,12H2,1-3H3,(H,13,15). The molecule has 0 aliphatic heterocycles. The van der Waals surface area contributed by atoms with Gasteiger partial charge in [-0.1, -0.05) is 20.8 Å². The number of rotatable bonds is 7. The fourth-order valence-electron chi connectivity index (χ4n) is 1.38. The van der Waals surface area contributed by atoms with E-state index in [0.29, 0.717) is 25.3 Å². The quantitative estimate of drug-likeness (QED) is 0.580. The van der Waals surface area contributed by atoms with Gasteiger partial charge in [-0.25, -0.2) is 0 Å². The number of hydrogen-bond acceptors (Lipinski definition) is 3. The summed E-state index contributed by atoms with van der Waals surface area (Å²) >= 11 is 0. The van der Waals surface area contributed by atoms with Gasteiger partial charge < -0.3 is 16.2 Å². The zero-order valence-corrected chi connectivity index (χ0v) is 9.99. The number of nitrogens with two attached hydrogens (primary N) is 1. The molecule has 4 nitrogen and oxygen atoms in total. The molecule has 90 valence electrons. The number of amides is 1. The van der Waals surface area contributed by atoms with Crippen molar-refractivity contribution in [3.63, 3.8) is 0 Å². The molecule has 0 saturated heterocycles. The predicted octanol–water partition coefficient (Wildman–Crippen LogP) is 0.495. The third-order valence-corrected chi connectivity index (χ3v) is 2.53. The van der Waals surface area contributed by atoms with E-state index in [1.165, 1.54) is 0 Å². The molecule has 4 N–H and O–H groups in total. The number of hydrogen-bond donors (Lipinski definition) is 3. The molecule has 2 atom stereocenters. The Bertz CT molecular complexity index is 183. The summed E-state index contributed by atoms with van der Waals surface area (Å²) < 4.78 is 0. The van der Waals surface area contributed by atoms with Crippen LogP contribution in [0.2, 0.25) is 0 Å². The molecular formula is C11H24N2O2. The first kappa shape index (κ1) is 14.4. The van der Waals surface area contributed by atoms with Gasteiger partial charge in [0.2, 0.25) is 5.91 Å². The van der Waals surface area contributed by atoms with Crippen molar-refractivity contribution < 1.29 is 9.90 Å². The van der Waals surface area contributed by atoms with E-state index in [-0.39, 0.29) is 24.5 Å². The average molecular weight is 216 g/mol. The summed E-state index contributed by atoms with van der Waals surface area (Å²) in [6, 6.07) is 0.0625. The number of aliphatic hydroxyl groups is 1. The summed E-state index contributed by atoms with van der Waals surface area (Å²) in [7, 11) is 0. The topological polar surface area (TPSA) is 75.4 Å². The SMILES string of the molecule is CC(CN)CC(=O)NC(CCO)C(C)C. The summed E-state index contributed by atoms with van der Waals surface area (Å²) in [4.78, 5) is 11.6. The molecule has 0 aromatic heterocycles. The van der Waals surface area contributed by atoms with Gasteiger partial charge in [0.05, 0.1) is 0 Å². The Balaban J connectivity index is 3.99. The lowest BCUT2D eigenvalue weighted by atomic mass is 10.0. The molecule has 0 rings (SSSR count). The molecule has 15 heavy (non-hydrogen) atoms. The van der Waals surface area contributed by atoms with Crippen LogP contribution in [0.25, 0.3) is 0 Å². The summed E-state index contributed by atoms with van der Waals surface area (Å²) in [6.45, 7) is 6.66. The minimum Gasteiger partial charge on any atom is -0.396 e. The van der Waals surface area contributed by atoms with Crippen molar-refractivity contribution in [2.24, 2.45) is 17.6 Å². The van der Waals surface area contributed by atoms with Crippen molar-refractivity contribution in [3.8, 4) is 0 Å². The zero-order chi connectivity index (χ0) is 11.8. The van der Waals surface area contributed by atoms with Crippen LogP contribution in [0.1, 0.15) is 33.6 Å². The van der Waals surface area contributed by atoms with E-state index >= 15 is 0 Å². The van der Waals surface area contributed by atoms with Gasteiger partial charge in [-0.3, -0.25) is 4.79 Å². The van der Waals surface area contributed by atoms with Crippen molar-refractivity contribution >= 4 is 5.91 Å². The lowest BCUT2D eigenvalue weighted by Crippen LogP contribution is -2.40. The maximum Gasteiger partial charge on any atom is 0.220 e. The van der Waals surface area contributed by atoms with Crippen molar-refractivity contribution in [2.45, 2.75) is 39.7 Å². The second kappa shape index (κ2) is 7.65. The minimum atomic E-state index is 0.0279. The van der Waals surface area contributed by atoms with Crippen LogP contribution >= 0.6 is 0 Å². The van der Waals surface area contributed by atoms with Crippen LogP contribution in [-0.4, -0.2) is 30.2 Å². The predicted molar refractivity (Wildman–Crippen MR) is 61.3 cm³/mol. The first-order valence-corrected chi connectivity index (χ1v) is 5.61. The monoisotopic (exact) mass is 216 g/mol. The fraction of sp³-hybridized carbons (Fsp3) is 0.909. The molecule has 0 aliphatic rings. The van der Waals surface area contributed by atoms with Gasteiger partial charge >= 0.3 is 0 Å². The third kappa shape index (κ3) is 6.47. The van der Waals surface area contributed by atoms with Gasteiger partial charge in [-0.2, -0.15) is 0 Å². The highest BCUT2D eigenvalue weighted by atomic mass is 16.3. The Morgan fingerprint density at radius 3 is 2.40 bits per heavy atom. The zero-order valence-electron chi connectivity index (χ0n) is 9.99. The molecule has 1 amide bonds. The fourth-order valence-corrected chi connectivity index (χ4v) is 1.38. The highest BCUT2D eigenvalue weighted by molar-refractivity contribution is 5.76. The summed E-state index contributed by atoms with van der Waals surface area (Å²) in [5.74, 6) is 0.585. The first-order valence-electron chi connectivity index (χ1n) is 5.61. The van der Waals surface area contributed by atoms with Crippen molar-refractivity contribution in [1.82, 2.24) is 5.32 Å². The van der Waals surface area contributed by atoms with E-state index in [0.717, 1.165) is 0 Å². The van der Waals surface area contributed by atoms with Gasteiger partial charge in [0, 0.05) is 19.1 Å². The molecule has 0 aromatic carbocycles. The van der Waals surface area contributed by atoms with Crippen molar-refractivity contribution in [1.29, 1.82) is 0 Å². The molecule has 0 saturated carbocycles. The largest absolute Gasteiger partial charge is 0.396 e. The Hall–Kier alpha value is -0.610. The van der Waals surface area contributed by atoms with Gasteiger partial charge in [0.1, 0.15) is 0 Å². The number of nitrogens with one attached hydrogen (secondary N) is 1. The highest BCUT2D eigenvalue weighted by Crippen LogP contribution is 2.07. The maximum absolute atomic E-state index is 11.6. The van der Waals surface area contributed by atoms with Crippen molar-refractivity contribution in [3.05, 3.63) is 0 Å². The second-order valence-electron chi connectivity index (χ2n) is 4.48.